The Hall–Kier alpha value is -1.66. The number of carboxylic acids is 1. The number of fused-ring (bicyclic) bond motifs is 1. The average Bonchev–Trinajstić information content (AvgIpc) is 3.03. The van der Waals surface area contributed by atoms with Crippen LogP contribution in [0, 0.1) is 6.92 Å². The topological polar surface area (TPSA) is 66.4 Å². The number of thiophene rings is 2. The number of carbonyl (C=O) groups is 2. The van der Waals surface area contributed by atoms with Gasteiger partial charge in [0.2, 0.25) is 0 Å². The van der Waals surface area contributed by atoms with Gasteiger partial charge in [-0.25, -0.2) is 4.79 Å². The summed E-state index contributed by atoms with van der Waals surface area (Å²) < 4.78 is 0. The van der Waals surface area contributed by atoms with Crippen LogP contribution in [0.1, 0.15) is 48.2 Å². The summed E-state index contributed by atoms with van der Waals surface area (Å²) in [7, 11) is 0. The molecule has 0 atom stereocenters. The molecule has 0 saturated carbocycles. The average molecular weight is 321 g/mol. The molecule has 3 rings (SSSR count). The molecular formula is C15H15NO3S2. The molecule has 0 bridgehead atoms. The van der Waals surface area contributed by atoms with E-state index in [9.17, 15) is 9.59 Å². The number of carboxylic acid groups (broad SMARTS) is 1. The van der Waals surface area contributed by atoms with Gasteiger partial charge in [-0.15, -0.1) is 22.7 Å². The molecule has 4 nitrogen and oxygen atoms in total. The van der Waals surface area contributed by atoms with Gasteiger partial charge in [0.05, 0.1) is 10.6 Å². The summed E-state index contributed by atoms with van der Waals surface area (Å²) in [5.74, 6) is -1.22. The Bertz CT molecular complexity index is 691. The van der Waals surface area contributed by atoms with Crippen LogP contribution in [0.2, 0.25) is 0 Å². The third kappa shape index (κ3) is 2.73. The van der Waals surface area contributed by atoms with E-state index in [1.165, 1.54) is 34.6 Å². The molecule has 2 aromatic heterocycles. The zero-order chi connectivity index (χ0) is 15.0. The van der Waals surface area contributed by atoms with Crippen molar-refractivity contribution in [1.29, 1.82) is 0 Å². The molecular weight excluding hydrogens is 306 g/mol. The van der Waals surface area contributed by atoms with Crippen LogP contribution in [0.5, 0.6) is 0 Å². The molecule has 2 aromatic rings. The van der Waals surface area contributed by atoms with Gasteiger partial charge in [-0.1, -0.05) is 0 Å². The standard InChI is InChI=1S/C15H15NO3S2/c1-8-7-20-13(15(18)19)12(8)16-14(17)11-6-9-4-2-3-5-10(9)21-11/h6-7H,2-5H2,1H3,(H,16,17)(H,18,19). The largest absolute Gasteiger partial charge is 0.477 e. The Kier molecular flexibility index (Phi) is 3.82. The van der Waals surface area contributed by atoms with E-state index < -0.39 is 5.97 Å². The summed E-state index contributed by atoms with van der Waals surface area (Å²) in [6.07, 6.45) is 4.45. The molecule has 1 amide bonds. The van der Waals surface area contributed by atoms with E-state index in [4.69, 9.17) is 5.11 Å². The number of carbonyl (C=O) groups excluding carboxylic acids is 1. The van der Waals surface area contributed by atoms with E-state index in [0.29, 0.717) is 10.6 Å². The zero-order valence-electron chi connectivity index (χ0n) is 11.6. The fraction of sp³-hybridized carbons (Fsp3) is 0.333. The van der Waals surface area contributed by atoms with Crippen molar-refractivity contribution in [1.82, 2.24) is 0 Å². The van der Waals surface area contributed by atoms with Crippen LogP contribution in [0.3, 0.4) is 0 Å². The van der Waals surface area contributed by atoms with Crippen LogP contribution in [0.15, 0.2) is 11.4 Å². The number of anilines is 1. The number of rotatable bonds is 3. The summed E-state index contributed by atoms with van der Waals surface area (Å²) in [6.45, 7) is 1.80. The van der Waals surface area contributed by atoms with Crippen molar-refractivity contribution >= 4 is 40.2 Å². The van der Waals surface area contributed by atoms with E-state index in [1.54, 1.807) is 12.3 Å². The summed E-state index contributed by atoms with van der Waals surface area (Å²) >= 11 is 2.67. The number of amides is 1. The second-order valence-corrected chi connectivity index (χ2v) is 7.16. The fourth-order valence-corrected chi connectivity index (χ4v) is 4.53. The second-order valence-electron chi connectivity index (χ2n) is 5.15. The minimum absolute atomic E-state index is 0.183. The zero-order valence-corrected chi connectivity index (χ0v) is 13.2. The first-order valence-electron chi connectivity index (χ1n) is 6.80. The predicted molar refractivity (Wildman–Crippen MR) is 84.9 cm³/mol. The second kappa shape index (κ2) is 5.61. The van der Waals surface area contributed by atoms with Crippen LogP contribution in [0.4, 0.5) is 5.69 Å². The van der Waals surface area contributed by atoms with E-state index in [1.807, 2.05) is 6.07 Å². The van der Waals surface area contributed by atoms with Crippen molar-refractivity contribution in [3.63, 3.8) is 0 Å². The van der Waals surface area contributed by atoms with Crippen molar-refractivity contribution < 1.29 is 14.7 Å². The molecule has 2 N–H and O–H groups in total. The lowest BCUT2D eigenvalue weighted by Gasteiger charge is -2.08. The molecule has 1 aliphatic rings. The van der Waals surface area contributed by atoms with Crippen molar-refractivity contribution in [2.75, 3.05) is 5.32 Å². The maximum Gasteiger partial charge on any atom is 0.348 e. The lowest BCUT2D eigenvalue weighted by molar-refractivity contribution is 0.0703. The molecule has 0 saturated heterocycles. The van der Waals surface area contributed by atoms with Gasteiger partial charge in [0, 0.05) is 4.88 Å². The first-order valence-corrected chi connectivity index (χ1v) is 8.50. The van der Waals surface area contributed by atoms with Crippen LogP contribution >= 0.6 is 22.7 Å². The SMILES string of the molecule is Cc1csc(C(=O)O)c1NC(=O)c1cc2c(s1)CCCC2. The molecule has 2 heterocycles. The molecule has 0 fully saturated rings. The third-order valence-corrected chi connectivity index (χ3v) is 5.95. The minimum atomic E-state index is -1.01. The first kappa shape index (κ1) is 14.3. The molecule has 0 spiro atoms. The molecule has 110 valence electrons. The predicted octanol–water partition coefficient (Wildman–Crippen LogP) is 3.95. The Morgan fingerprint density at radius 1 is 1.29 bits per heavy atom. The first-order chi connectivity index (χ1) is 10.1. The molecule has 0 aliphatic heterocycles. The minimum Gasteiger partial charge on any atom is -0.477 e. The summed E-state index contributed by atoms with van der Waals surface area (Å²) in [5.41, 5.74) is 2.48. The van der Waals surface area contributed by atoms with Gasteiger partial charge in [-0.05, 0) is 55.2 Å². The van der Waals surface area contributed by atoms with Crippen molar-refractivity contribution in [3.05, 3.63) is 37.2 Å². The van der Waals surface area contributed by atoms with Gasteiger partial charge < -0.3 is 10.4 Å². The molecule has 1 aliphatic carbocycles. The molecule has 0 aromatic carbocycles. The fourth-order valence-electron chi connectivity index (χ4n) is 2.53. The lowest BCUT2D eigenvalue weighted by Crippen LogP contribution is -2.13. The quantitative estimate of drug-likeness (QED) is 0.899. The number of hydrogen-bond acceptors (Lipinski definition) is 4. The highest BCUT2D eigenvalue weighted by atomic mass is 32.1. The van der Waals surface area contributed by atoms with Gasteiger partial charge in [0.1, 0.15) is 4.88 Å². The maximum atomic E-state index is 12.4. The van der Waals surface area contributed by atoms with Crippen molar-refractivity contribution in [3.8, 4) is 0 Å². The van der Waals surface area contributed by atoms with Crippen molar-refractivity contribution in [2.45, 2.75) is 32.6 Å². The maximum absolute atomic E-state index is 12.4. The van der Waals surface area contributed by atoms with Crippen LogP contribution in [-0.2, 0) is 12.8 Å². The van der Waals surface area contributed by atoms with Gasteiger partial charge in [0.25, 0.3) is 5.91 Å². The Morgan fingerprint density at radius 2 is 2.05 bits per heavy atom. The van der Waals surface area contributed by atoms with E-state index in [2.05, 4.69) is 5.32 Å². The van der Waals surface area contributed by atoms with Crippen LogP contribution < -0.4 is 5.32 Å². The molecule has 6 heteroatoms. The third-order valence-electron chi connectivity index (χ3n) is 3.63. The van der Waals surface area contributed by atoms with E-state index in [-0.39, 0.29) is 10.8 Å². The van der Waals surface area contributed by atoms with Crippen LogP contribution in [0.25, 0.3) is 0 Å². The monoisotopic (exact) mass is 321 g/mol. The Morgan fingerprint density at radius 3 is 2.76 bits per heavy atom. The number of nitrogens with one attached hydrogen (secondary N) is 1. The highest BCUT2D eigenvalue weighted by molar-refractivity contribution is 7.14. The van der Waals surface area contributed by atoms with Crippen molar-refractivity contribution in [2.24, 2.45) is 0 Å². The van der Waals surface area contributed by atoms with Gasteiger partial charge in [0.15, 0.2) is 0 Å². The van der Waals surface area contributed by atoms with Gasteiger partial charge in [-0.2, -0.15) is 0 Å². The smallest absolute Gasteiger partial charge is 0.348 e. The normalized spacial score (nSPS) is 13.8. The number of aryl methyl sites for hydroxylation is 3. The molecule has 21 heavy (non-hydrogen) atoms. The summed E-state index contributed by atoms with van der Waals surface area (Å²) in [4.78, 5) is 25.7. The summed E-state index contributed by atoms with van der Waals surface area (Å²) in [6, 6.07) is 1.95. The number of hydrogen-bond donors (Lipinski definition) is 2. The Balaban J connectivity index is 1.85. The molecule has 0 radical (unpaired) electrons. The number of aromatic carboxylic acids is 1. The molecule has 0 unspecified atom stereocenters. The van der Waals surface area contributed by atoms with E-state index >= 15 is 0 Å². The Labute approximate surface area is 130 Å². The summed E-state index contributed by atoms with van der Waals surface area (Å²) in [5, 5.41) is 13.7. The highest BCUT2D eigenvalue weighted by Gasteiger charge is 2.21. The van der Waals surface area contributed by atoms with E-state index in [0.717, 1.165) is 29.7 Å². The van der Waals surface area contributed by atoms with Crippen LogP contribution in [-0.4, -0.2) is 17.0 Å². The van der Waals surface area contributed by atoms with Gasteiger partial charge >= 0.3 is 5.97 Å². The lowest BCUT2D eigenvalue weighted by atomic mass is 9.99. The highest BCUT2D eigenvalue weighted by Crippen LogP contribution is 2.32. The van der Waals surface area contributed by atoms with Gasteiger partial charge in [-0.3, -0.25) is 4.79 Å².